The maximum atomic E-state index is 11.2. The van der Waals surface area contributed by atoms with Gasteiger partial charge in [0.25, 0.3) is 0 Å². The van der Waals surface area contributed by atoms with E-state index in [1.54, 1.807) is 25.3 Å². The van der Waals surface area contributed by atoms with Crippen molar-refractivity contribution < 1.29 is 9.53 Å². The first-order chi connectivity index (χ1) is 7.15. The molecule has 0 saturated carbocycles. The molecular formula is C10H7Br2NO2. The molecule has 0 bridgehead atoms. The number of ether oxygens (including phenoxy) is 1. The highest BCUT2D eigenvalue weighted by Crippen LogP contribution is 2.24. The summed E-state index contributed by atoms with van der Waals surface area (Å²) >= 11 is 6.16. The molecule has 0 fully saturated rings. The summed E-state index contributed by atoms with van der Waals surface area (Å²) < 4.78 is 5.87. The molecule has 0 aliphatic heterocycles. The van der Waals surface area contributed by atoms with Gasteiger partial charge < -0.3 is 10.1 Å². The maximum absolute atomic E-state index is 11.2. The van der Waals surface area contributed by atoms with Gasteiger partial charge in [-0.3, -0.25) is 4.79 Å². The fourth-order valence-electron chi connectivity index (χ4n) is 0.958. The largest absolute Gasteiger partial charge is 0.497 e. The fourth-order valence-corrected chi connectivity index (χ4v) is 1.61. The molecule has 0 aliphatic rings. The number of benzene rings is 1. The van der Waals surface area contributed by atoms with E-state index in [1.807, 2.05) is 0 Å². The number of nitrogens with one attached hydrogen (secondary N) is 1. The van der Waals surface area contributed by atoms with Crippen molar-refractivity contribution in [2.24, 2.45) is 0 Å². The Bertz CT molecular complexity index is 435. The molecule has 0 saturated heterocycles. The summed E-state index contributed by atoms with van der Waals surface area (Å²) in [6.07, 6.45) is 0. The molecule has 0 atom stereocenters. The van der Waals surface area contributed by atoms with E-state index in [0.717, 1.165) is 4.47 Å². The number of carbonyl (C=O) groups excluding carboxylic acids is 1. The van der Waals surface area contributed by atoms with Crippen molar-refractivity contribution in [2.75, 3.05) is 12.4 Å². The van der Waals surface area contributed by atoms with Crippen LogP contribution in [0.3, 0.4) is 0 Å². The molecule has 5 heteroatoms. The van der Waals surface area contributed by atoms with Crippen LogP contribution in [0.15, 0.2) is 22.7 Å². The average Bonchev–Trinajstić information content (AvgIpc) is 2.17. The van der Waals surface area contributed by atoms with Crippen molar-refractivity contribution in [1.82, 2.24) is 0 Å². The molecule has 78 valence electrons. The zero-order chi connectivity index (χ0) is 11.3. The molecule has 1 aromatic rings. The first-order valence-corrected chi connectivity index (χ1v) is 5.51. The standard InChI is InChI=1S/C10H7Br2NO2/c1-15-9-5-7(12)4-8(6-9)13-10(14)2-3-11/h4-6H,1H3,(H,13,14). The summed E-state index contributed by atoms with van der Waals surface area (Å²) in [6.45, 7) is 0. The monoisotopic (exact) mass is 331 g/mol. The lowest BCUT2D eigenvalue weighted by Crippen LogP contribution is -2.08. The van der Waals surface area contributed by atoms with Crippen molar-refractivity contribution >= 4 is 43.5 Å². The van der Waals surface area contributed by atoms with Crippen LogP contribution in [0.25, 0.3) is 0 Å². The Morgan fingerprint density at radius 1 is 1.47 bits per heavy atom. The van der Waals surface area contributed by atoms with Crippen LogP contribution in [0.2, 0.25) is 0 Å². The Morgan fingerprint density at radius 3 is 2.80 bits per heavy atom. The molecule has 1 rings (SSSR count). The van der Waals surface area contributed by atoms with Gasteiger partial charge in [-0.15, -0.1) is 0 Å². The zero-order valence-electron chi connectivity index (χ0n) is 7.80. The number of rotatable bonds is 2. The Balaban J connectivity index is 2.88. The maximum Gasteiger partial charge on any atom is 0.301 e. The third-order valence-electron chi connectivity index (χ3n) is 1.53. The molecule has 0 heterocycles. The first-order valence-electron chi connectivity index (χ1n) is 3.93. The minimum Gasteiger partial charge on any atom is -0.497 e. The third-order valence-corrected chi connectivity index (χ3v) is 2.18. The van der Waals surface area contributed by atoms with Crippen molar-refractivity contribution in [3.8, 4) is 16.5 Å². The molecule has 1 N–H and O–H groups in total. The van der Waals surface area contributed by atoms with Gasteiger partial charge in [0.15, 0.2) is 0 Å². The highest BCUT2D eigenvalue weighted by Gasteiger charge is 2.02. The number of amides is 1. The second kappa shape index (κ2) is 5.79. The van der Waals surface area contributed by atoms with Crippen LogP contribution in [0, 0.1) is 10.8 Å². The Hall–Kier alpha value is -0.990. The highest BCUT2D eigenvalue weighted by molar-refractivity contribution is 9.12. The summed E-state index contributed by atoms with van der Waals surface area (Å²) in [7, 11) is 1.56. The Labute approximate surface area is 104 Å². The van der Waals surface area contributed by atoms with Crippen molar-refractivity contribution in [1.29, 1.82) is 0 Å². The smallest absolute Gasteiger partial charge is 0.301 e. The van der Waals surface area contributed by atoms with Crippen LogP contribution in [0.4, 0.5) is 5.69 Å². The van der Waals surface area contributed by atoms with E-state index in [0.29, 0.717) is 11.4 Å². The minimum absolute atomic E-state index is 0.382. The van der Waals surface area contributed by atoms with Crippen LogP contribution >= 0.6 is 31.9 Å². The molecule has 0 spiro atoms. The molecule has 15 heavy (non-hydrogen) atoms. The lowest BCUT2D eigenvalue weighted by Gasteiger charge is -2.05. The molecule has 0 unspecified atom stereocenters. The molecule has 0 radical (unpaired) electrons. The van der Waals surface area contributed by atoms with Crippen LogP contribution in [-0.2, 0) is 4.79 Å². The summed E-state index contributed by atoms with van der Waals surface area (Å²) in [6, 6.07) is 5.26. The van der Waals surface area contributed by atoms with E-state index >= 15 is 0 Å². The number of hydrogen-bond donors (Lipinski definition) is 1. The van der Waals surface area contributed by atoms with E-state index in [9.17, 15) is 4.79 Å². The zero-order valence-corrected chi connectivity index (χ0v) is 11.0. The normalized spacial score (nSPS) is 8.73. The predicted molar refractivity (Wildman–Crippen MR) is 66.0 cm³/mol. The van der Waals surface area contributed by atoms with Gasteiger partial charge in [0, 0.05) is 38.1 Å². The molecule has 0 aromatic heterocycles. The Morgan fingerprint density at radius 2 is 2.20 bits per heavy atom. The topological polar surface area (TPSA) is 38.3 Å². The SMILES string of the molecule is COc1cc(Br)cc(NC(=O)C#CBr)c1. The first kappa shape index (κ1) is 12.1. The van der Waals surface area contributed by atoms with Crippen molar-refractivity contribution in [2.45, 2.75) is 0 Å². The summed E-state index contributed by atoms with van der Waals surface area (Å²) in [4.78, 5) is 13.5. The number of anilines is 1. The third kappa shape index (κ3) is 3.94. The molecular weight excluding hydrogens is 326 g/mol. The summed E-state index contributed by atoms with van der Waals surface area (Å²) in [5.41, 5.74) is 0.626. The van der Waals surface area contributed by atoms with Gasteiger partial charge in [0.1, 0.15) is 5.75 Å². The van der Waals surface area contributed by atoms with Crippen molar-refractivity contribution in [3.05, 3.63) is 22.7 Å². The quantitative estimate of drug-likeness (QED) is 0.846. The van der Waals surface area contributed by atoms with E-state index in [2.05, 4.69) is 47.9 Å². The summed E-state index contributed by atoms with van der Waals surface area (Å²) in [5, 5.41) is 2.61. The molecule has 1 amide bonds. The lowest BCUT2D eigenvalue weighted by molar-refractivity contribution is -0.111. The van der Waals surface area contributed by atoms with Gasteiger partial charge in [-0.1, -0.05) is 15.9 Å². The summed E-state index contributed by atoms with van der Waals surface area (Å²) in [5.74, 6) is 2.59. The lowest BCUT2D eigenvalue weighted by atomic mass is 10.3. The van der Waals surface area contributed by atoms with E-state index < -0.39 is 0 Å². The van der Waals surface area contributed by atoms with Gasteiger partial charge in [0.2, 0.25) is 0 Å². The number of carbonyl (C=O) groups is 1. The predicted octanol–water partition coefficient (Wildman–Crippen LogP) is 2.75. The van der Waals surface area contributed by atoms with Gasteiger partial charge in [-0.25, -0.2) is 0 Å². The second-order valence-corrected chi connectivity index (χ2v) is 3.87. The van der Waals surface area contributed by atoms with Crippen LogP contribution < -0.4 is 10.1 Å². The fraction of sp³-hybridized carbons (Fsp3) is 0.100. The highest BCUT2D eigenvalue weighted by atomic mass is 79.9. The van der Waals surface area contributed by atoms with E-state index in [1.165, 1.54) is 0 Å². The van der Waals surface area contributed by atoms with Gasteiger partial charge in [0.05, 0.1) is 7.11 Å². The van der Waals surface area contributed by atoms with Crippen LogP contribution in [0.1, 0.15) is 0 Å². The number of halogens is 2. The van der Waals surface area contributed by atoms with Gasteiger partial charge >= 0.3 is 5.91 Å². The van der Waals surface area contributed by atoms with Crippen LogP contribution in [-0.4, -0.2) is 13.0 Å². The van der Waals surface area contributed by atoms with Gasteiger partial charge in [-0.2, -0.15) is 0 Å². The number of hydrogen-bond acceptors (Lipinski definition) is 2. The molecule has 0 aliphatic carbocycles. The number of methoxy groups -OCH3 is 1. The second-order valence-electron chi connectivity index (χ2n) is 2.55. The van der Waals surface area contributed by atoms with Gasteiger partial charge in [-0.05, 0) is 17.0 Å². The Kier molecular flexibility index (Phi) is 4.66. The van der Waals surface area contributed by atoms with E-state index in [-0.39, 0.29) is 5.91 Å². The average molecular weight is 333 g/mol. The minimum atomic E-state index is -0.382. The van der Waals surface area contributed by atoms with Crippen molar-refractivity contribution in [3.63, 3.8) is 0 Å². The van der Waals surface area contributed by atoms with E-state index in [4.69, 9.17) is 4.74 Å². The molecule has 3 nitrogen and oxygen atoms in total. The van der Waals surface area contributed by atoms with Crippen LogP contribution in [0.5, 0.6) is 5.75 Å². The molecule has 1 aromatic carbocycles.